The van der Waals surface area contributed by atoms with Gasteiger partial charge in [-0.1, -0.05) is 12.1 Å². The predicted octanol–water partition coefficient (Wildman–Crippen LogP) is 3.15. The smallest absolute Gasteiger partial charge is 0.261 e. The summed E-state index contributed by atoms with van der Waals surface area (Å²) in [6.45, 7) is 4.67. The topological polar surface area (TPSA) is 68.7 Å². The standard InChI is InChI=1S/C19H23ClN2O4S/c1-14(16-4-6-19(21-12-16)26-10-9-25-2)22-8-7-15-3-5-18(27(20,23)24)11-17(15)13-22/h3-6,11-12,14H,7-10,13H2,1-2H3. The van der Waals surface area contributed by atoms with Crippen molar-refractivity contribution in [1.29, 1.82) is 0 Å². The Labute approximate surface area is 164 Å². The monoisotopic (exact) mass is 410 g/mol. The Balaban J connectivity index is 1.70. The Morgan fingerprint density at radius 1 is 1.22 bits per heavy atom. The maximum atomic E-state index is 11.6. The molecule has 0 amide bonds. The van der Waals surface area contributed by atoms with Gasteiger partial charge in [-0.05, 0) is 42.2 Å². The van der Waals surface area contributed by atoms with Crippen molar-refractivity contribution in [2.45, 2.75) is 30.8 Å². The first-order chi connectivity index (χ1) is 12.9. The average molecular weight is 411 g/mol. The van der Waals surface area contributed by atoms with E-state index in [1.807, 2.05) is 24.4 Å². The van der Waals surface area contributed by atoms with Crippen LogP contribution in [0.3, 0.4) is 0 Å². The third kappa shape index (κ3) is 4.99. The van der Waals surface area contributed by atoms with Gasteiger partial charge in [-0.3, -0.25) is 4.90 Å². The van der Waals surface area contributed by atoms with Crippen LogP contribution in [0.25, 0.3) is 0 Å². The molecule has 1 atom stereocenters. The quantitative estimate of drug-likeness (QED) is 0.516. The van der Waals surface area contributed by atoms with Crippen LogP contribution in [0.15, 0.2) is 41.4 Å². The van der Waals surface area contributed by atoms with Crippen molar-refractivity contribution in [3.8, 4) is 5.88 Å². The number of hydrogen-bond acceptors (Lipinski definition) is 6. The van der Waals surface area contributed by atoms with E-state index in [0.29, 0.717) is 25.6 Å². The normalized spacial score (nSPS) is 16.0. The van der Waals surface area contributed by atoms with Crippen molar-refractivity contribution < 1.29 is 17.9 Å². The Morgan fingerprint density at radius 2 is 2.04 bits per heavy atom. The molecule has 6 nitrogen and oxygen atoms in total. The number of methoxy groups -OCH3 is 1. The SMILES string of the molecule is COCCOc1ccc(C(C)N2CCc3ccc(S(=O)(=O)Cl)cc3C2)cn1. The lowest BCUT2D eigenvalue weighted by Crippen LogP contribution is -2.33. The summed E-state index contributed by atoms with van der Waals surface area (Å²) < 4.78 is 33.7. The molecule has 1 aliphatic heterocycles. The molecule has 0 saturated heterocycles. The lowest BCUT2D eigenvalue weighted by atomic mass is 9.97. The fourth-order valence-electron chi connectivity index (χ4n) is 3.20. The first-order valence-electron chi connectivity index (χ1n) is 8.76. The van der Waals surface area contributed by atoms with Crippen LogP contribution < -0.4 is 4.74 Å². The third-order valence-corrected chi connectivity index (χ3v) is 6.18. The van der Waals surface area contributed by atoms with Gasteiger partial charge >= 0.3 is 0 Å². The molecule has 1 unspecified atom stereocenters. The fourth-order valence-corrected chi connectivity index (χ4v) is 4.00. The van der Waals surface area contributed by atoms with Crippen LogP contribution in [-0.4, -0.2) is 45.2 Å². The second-order valence-electron chi connectivity index (χ2n) is 6.54. The van der Waals surface area contributed by atoms with Crippen molar-refractivity contribution in [3.63, 3.8) is 0 Å². The second-order valence-corrected chi connectivity index (χ2v) is 9.10. The van der Waals surface area contributed by atoms with Crippen LogP contribution in [0.1, 0.15) is 29.7 Å². The first-order valence-corrected chi connectivity index (χ1v) is 11.1. The summed E-state index contributed by atoms with van der Waals surface area (Å²) in [5, 5.41) is 0. The van der Waals surface area contributed by atoms with Crippen molar-refractivity contribution >= 4 is 19.7 Å². The van der Waals surface area contributed by atoms with Crippen molar-refractivity contribution in [1.82, 2.24) is 9.88 Å². The molecular weight excluding hydrogens is 388 g/mol. The molecule has 3 rings (SSSR count). The number of pyridine rings is 1. The molecule has 0 spiro atoms. The molecule has 1 aliphatic rings. The summed E-state index contributed by atoms with van der Waals surface area (Å²) in [4.78, 5) is 6.81. The zero-order valence-electron chi connectivity index (χ0n) is 15.4. The van der Waals surface area contributed by atoms with Gasteiger partial charge in [0.25, 0.3) is 9.05 Å². The number of fused-ring (bicyclic) bond motifs is 1. The van der Waals surface area contributed by atoms with E-state index in [2.05, 4.69) is 16.8 Å². The fraction of sp³-hybridized carbons (Fsp3) is 0.421. The van der Waals surface area contributed by atoms with E-state index in [1.165, 1.54) is 5.56 Å². The summed E-state index contributed by atoms with van der Waals surface area (Å²) in [6.07, 6.45) is 2.69. The van der Waals surface area contributed by atoms with Gasteiger partial charge in [0, 0.05) is 49.2 Å². The Hall–Kier alpha value is -1.67. The number of rotatable bonds is 7. The van der Waals surface area contributed by atoms with E-state index in [4.69, 9.17) is 20.2 Å². The number of aromatic nitrogens is 1. The molecular formula is C19H23ClN2O4S. The Bertz CT molecular complexity index is 887. The molecule has 0 N–H and O–H groups in total. The highest BCUT2D eigenvalue weighted by Gasteiger charge is 2.23. The van der Waals surface area contributed by atoms with Crippen LogP contribution in [0.4, 0.5) is 0 Å². The summed E-state index contributed by atoms with van der Waals surface area (Å²) in [5.74, 6) is 0.573. The molecule has 0 aliphatic carbocycles. The maximum absolute atomic E-state index is 11.6. The van der Waals surface area contributed by atoms with Gasteiger partial charge in [-0.15, -0.1) is 0 Å². The number of benzene rings is 1. The minimum atomic E-state index is -3.72. The number of nitrogens with zero attached hydrogens (tertiary/aromatic N) is 2. The van der Waals surface area contributed by atoms with E-state index < -0.39 is 9.05 Å². The zero-order valence-corrected chi connectivity index (χ0v) is 17.0. The van der Waals surface area contributed by atoms with E-state index >= 15 is 0 Å². The van der Waals surface area contributed by atoms with E-state index in [-0.39, 0.29) is 10.9 Å². The van der Waals surface area contributed by atoms with Gasteiger partial charge in [-0.2, -0.15) is 0 Å². The minimum Gasteiger partial charge on any atom is -0.475 e. The molecule has 8 heteroatoms. The van der Waals surface area contributed by atoms with Crippen molar-refractivity contribution in [2.75, 3.05) is 26.9 Å². The molecule has 0 fully saturated rings. The molecule has 146 valence electrons. The third-order valence-electron chi connectivity index (χ3n) is 4.83. The minimum absolute atomic E-state index is 0.148. The summed E-state index contributed by atoms with van der Waals surface area (Å²) >= 11 is 0. The molecule has 0 radical (unpaired) electrons. The highest BCUT2D eigenvalue weighted by atomic mass is 35.7. The van der Waals surface area contributed by atoms with Crippen LogP contribution >= 0.6 is 10.7 Å². The van der Waals surface area contributed by atoms with Gasteiger partial charge in [0.1, 0.15) is 6.61 Å². The van der Waals surface area contributed by atoms with Gasteiger partial charge < -0.3 is 9.47 Å². The van der Waals surface area contributed by atoms with E-state index in [1.54, 1.807) is 19.2 Å². The van der Waals surface area contributed by atoms with Crippen LogP contribution in [-0.2, 0) is 26.8 Å². The lowest BCUT2D eigenvalue weighted by Gasteiger charge is -2.34. The highest BCUT2D eigenvalue weighted by Crippen LogP contribution is 2.29. The number of ether oxygens (including phenoxy) is 2. The average Bonchev–Trinajstić information content (AvgIpc) is 2.66. The van der Waals surface area contributed by atoms with Gasteiger partial charge in [0.15, 0.2) is 0 Å². The first kappa shape index (κ1) is 20.1. The van der Waals surface area contributed by atoms with Gasteiger partial charge in [-0.25, -0.2) is 13.4 Å². The molecule has 2 aromatic rings. The Morgan fingerprint density at radius 3 is 2.70 bits per heavy atom. The van der Waals surface area contributed by atoms with Gasteiger partial charge in [0.2, 0.25) is 5.88 Å². The molecule has 1 aromatic carbocycles. The van der Waals surface area contributed by atoms with Crippen molar-refractivity contribution in [3.05, 3.63) is 53.2 Å². The zero-order chi connectivity index (χ0) is 19.4. The predicted molar refractivity (Wildman–Crippen MR) is 104 cm³/mol. The van der Waals surface area contributed by atoms with E-state index in [0.717, 1.165) is 24.1 Å². The molecule has 27 heavy (non-hydrogen) atoms. The largest absolute Gasteiger partial charge is 0.475 e. The van der Waals surface area contributed by atoms with Crippen molar-refractivity contribution in [2.24, 2.45) is 0 Å². The maximum Gasteiger partial charge on any atom is 0.261 e. The summed E-state index contributed by atoms with van der Waals surface area (Å²) in [7, 11) is 3.40. The Kier molecular flexibility index (Phi) is 6.37. The summed E-state index contributed by atoms with van der Waals surface area (Å²) in [5.41, 5.74) is 3.25. The number of hydrogen-bond donors (Lipinski definition) is 0. The molecule has 0 bridgehead atoms. The van der Waals surface area contributed by atoms with Crippen LogP contribution in [0.5, 0.6) is 5.88 Å². The highest BCUT2D eigenvalue weighted by molar-refractivity contribution is 8.13. The molecule has 2 heterocycles. The van der Waals surface area contributed by atoms with E-state index in [9.17, 15) is 8.42 Å². The number of halogens is 1. The van der Waals surface area contributed by atoms with Gasteiger partial charge in [0.05, 0.1) is 11.5 Å². The van der Waals surface area contributed by atoms with Crippen LogP contribution in [0.2, 0.25) is 0 Å². The molecule has 1 aromatic heterocycles. The summed E-state index contributed by atoms with van der Waals surface area (Å²) in [6, 6.07) is 9.14. The second kappa shape index (κ2) is 8.56. The molecule has 0 saturated carbocycles. The lowest BCUT2D eigenvalue weighted by molar-refractivity contribution is 0.143. The van der Waals surface area contributed by atoms with Crippen LogP contribution in [0, 0.1) is 0 Å².